The van der Waals surface area contributed by atoms with Crippen LogP contribution in [0.5, 0.6) is 0 Å². The molecule has 0 unspecified atom stereocenters. The van der Waals surface area contributed by atoms with E-state index >= 15 is 0 Å². The van der Waals surface area contributed by atoms with Gasteiger partial charge in [-0.15, -0.1) is 0 Å². The predicted molar refractivity (Wildman–Crippen MR) is 45.1 cm³/mol. The van der Waals surface area contributed by atoms with Crippen LogP contribution in [0.1, 0.15) is 6.92 Å². The lowest BCUT2D eigenvalue weighted by molar-refractivity contribution is 0.600. The van der Waals surface area contributed by atoms with E-state index in [0.717, 1.165) is 12.4 Å². The summed E-state index contributed by atoms with van der Waals surface area (Å²) in [6.45, 7) is 1.48. The highest BCUT2D eigenvalue weighted by Crippen LogP contribution is 2.01. The number of nitrogens with zero attached hydrogens (tertiary/aromatic N) is 2. The minimum Gasteiger partial charge on any atom is -0.251 e. The van der Waals surface area contributed by atoms with Gasteiger partial charge in [-0.1, -0.05) is 0 Å². The second-order valence-corrected chi connectivity index (χ2v) is 4.24. The third-order valence-electron chi connectivity index (χ3n) is 1.25. The Morgan fingerprint density at radius 2 is 2.00 bits per heavy atom. The highest BCUT2D eigenvalue weighted by molar-refractivity contribution is 7.92. The second-order valence-electron chi connectivity index (χ2n) is 2.23. The monoisotopic (exact) mass is 205 g/mol. The second kappa shape index (κ2) is 3.65. The molecule has 0 radical (unpaired) electrons. The fourth-order valence-electron chi connectivity index (χ4n) is 0.576. The van der Waals surface area contributed by atoms with Crippen molar-refractivity contribution in [3.05, 3.63) is 18.2 Å². The maximum atomic E-state index is 12.3. The zero-order chi connectivity index (χ0) is 9.90. The molecule has 0 aliphatic carbocycles. The van der Waals surface area contributed by atoms with E-state index in [0.29, 0.717) is 0 Å². The fraction of sp³-hybridized carbons (Fsp3) is 0.333. The number of anilines is 1. The lowest BCUT2D eigenvalue weighted by Crippen LogP contribution is -2.16. The van der Waals surface area contributed by atoms with Crippen LogP contribution < -0.4 is 4.72 Å². The summed E-state index contributed by atoms with van der Waals surface area (Å²) in [5, 5.41) is 0. The van der Waals surface area contributed by atoms with Gasteiger partial charge in [-0.25, -0.2) is 22.8 Å². The van der Waals surface area contributed by atoms with E-state index in [1.165, 1.54) is 6.92 Å². The first-order chi connectivity index (χ1) is 6.03. The van der Waals surface area contributed by atoms with Crippen LogP contribution in [0, 0.1) is 5.82 Å². The Kier molecular flexibility index (Phi) is 2.76. The molecule has 0 aliphatic heterocycles. The van der Waals surface area contributed by atoms with Crippen LogP contribution in [0.2, 0.25) is 0 Å². The number of aromatic nitrogens is 2. The van der Waals surface area contributed by atoms with Crippen LogP contribution in [0.3, 0.4) is 0 Å². The van der Waals surface area contributed by atoms with E-state index in [1.54, 1.807) is 0 Å². The predicted octanol–water partition coefficient (Wildman–Crippen LogP) is 0.377. The molecule has 0 bridgehead atoms. The smallest absolute Gasteiger partial charge is 0.236 e. The first-order valence-corrected chi connectivity index (χ1v) is 5.17. The molecule has 7 heteroatoms. The molecule has 1 N–H and O–H groups in total. The van der Waals surface area contributed by atoms with Crippen LogP contribution in [0.25, 0.3) is 0 Å². The van der Waals surface area contributed by atoms with Gasteiger partial charge in [0.15, 0.2) is 5.82 Å². The molecule has 0 spiro atoms. The summed E-state index contributed by atoms with van der Waals surface area (Å²) in [5.74, 6) is -0.809. The van der Waals surface area contributed by atoms with Gasteiger partial charge in [-0.05, 0) is 6.92 Å². The number of rotatable bonds is 3. The van der Waals surface area contributed by atoms with Gasteiger partial charge in [-0.2, -0.15) is 0 Å². The molecule has 72 valence electrons. The van der Waals surface area contributed by atoms with Gasteiger partial charge in [-0.3, -0.25) is 4.72 Å². The quantitative estimate of drug-likeness (QED) is 0.774. The summed E-state index contributed by atoms with van der Waals surface area (Å²) < 4.78 is 36.3. The standard InChI is InChI=1S/C6H8FN3O2S/c1-2-13(11,12)10-6-8-3-5(7)4-9-6/h3-4H,2H2,1H3,(H,8,9,10). The van der Waals surface area contributed by atoms with Crippen LogP contribution in [0.15, 0.2) is 12.4 Å². The number of nitrogens with one attached hydrogen (secondary N) is 1. The lowest BCUT2D eigenvalue weighted by atomic mass is 10.6. The summed E-state index contributed by atoms with van der Waals surface area (Å²) in [7, 11) is -3.38. The Balaban J connectivity index is 2.82. The van der Waals surface area contributed by atoms with Crippen molar-refractivity contribution in [2.45, 2.75) is 6.92 Å². The molecule has 1 aromatic rings. The topological polar surface area (TPSA) is 72.0 Å². The van der Waals surface area contributed by atoms with Crippen molar-refractivity contribution >= 4 is 16.0 Å². The van der Waals surface area contributed by atoms with Crippen molar-refractivity contribution in [3.63, 3.8) is 0 Å². The Morgan fingerprint density at radius 3 is 2.46 bits per heavy atom. The van der Waals surface area contributed by atoms with Crippen molar-refractivity contribution in [1.82, 2.24) is 9.97 Å². The fourth-order valence-corrected chi connectivity index (χ4v) is 1.10. The van der Waals surface area contributed by atoms with Crippen LogP contribution in [-0.2, 0) is 10.0 Å². The average molecular weight is 205 g/mol. The van der Waals surface area contributed by atoms with Crippen LogP contribution in [0.4, 0.5) is 10.3 Å². The molecule has 13 heavy (non-hydrogen) atoms. The first-order valence-electron chi connectivity index (χ1n) is 3.51. The van der Waals surface area contributed by atoms with Gasteiger partial charge >= 0.3 is 0 Å². The maximum Gasteiger partial charge on any atom is 0.236 e. The summed E-state index contributed by atoms with van der Waals surface area (Å²) in [6.07, 6.45) is 1.78. The lowest BCUT2D eigenvalue weighted by Gasteiger charge is -2.02. The normalized spacial score (nSPS) is 11.2. The van der Waals surface area contributed by atoms with Crippen molar-refractivity contribution in [1.29, 1.82) is 0 Å². The van der Waals surface area contributed by atoms with E-state index < -0.39 is 15.8 Å². The van der Waals surface area contributed by atoms with Crippen molar-refractivity contribution in [2.24, 2.45) is 0 Å². The Hall–Kier alpha value is -1.24. The van der Waals surface area contributed by atoms with Crippen LogP contribution in [-0.4, -0.2) is 24.1 Å². The van der Waals surface area contributed by atoms with E-state index in [4.69, 9.17) is 0 Å². The number of halogens is 1. The average Bonchev–Trinajstić information content (AvgIpc) is 2.09. The van der Waals surface area contributed by atoms with Crippen molar-refractivity contribution in [3.8, 4) is 0 Å². The van der Waals surface area contributed by atoms with Gasteiger partial charge in [0.2, 0.25) is 16.0 Å². The molecular weight excluding hydrogens is 197 g/mol. The molecule has 0 saturated heterocycles. The molecule has 0 fully saturated rings. The minimum absolute atomic E-state index is 0.0757. The SMILES string of the molecule is CCS(=O)(=O)Nc1ncc(F)cn1. The number of sulfonamides is 1. The van der Waals surface area contributed by atoms with E-state index in [1.807, 2.05) is 0 Å². The molecule has 1 rings (SSSR count). The highest BCUT2D eigenvalue weighted by atomic mass is 32.2. The van der Waals surface area contributed by atoms with Crippen molar-refractivity contribution < 1.29 is 12.8 Å². The van der Waals surface area contributed by atoms with Crippen molar-refractivity contribution in [2.75, 3.05) is 10.5 Å². The zero-order valence-corrected chi connectivity index (χ0v) is 7.68. The van der Waals surface area contributed by atoms with E-state index in [9.17, 15) is 12.8 Å². The minimum atomic E-state index is -3.38. The maximum absolute atomic E-state index is 12.3. The Labute approximate surface area is 75.1 Å². The molecule has 1 aromatic heterocycles. The van der Waals surface area contributed by atoms with Gasteiger partial charge < -0.3 is 0 Å². The van der Waals surface area contributed by atoms with Gasteiger partial charge in [0, 0.05) is 0 Å². The molecule has 0 aromatic carbocycles. The van der Waals surface area contributed by atoms with Gasteiger partial charge in [0.05, 0.1) is 18.1 Å². The molecule has 0 atom stereocenters. The molecule has 0 saturated carbocycles. The molecule has 1 heterocycles. The molecular formula is C6H8FN3O2S. The Morgan fingerprint density at radius 1 is 1.46 bits per heavy atom. The third kappa shape index (κ3) is 2.94. The van der Waals surface area contributed by atoms with Gasteiger partial charge in [0.1, 0.15) is 0 Å². The molecule has 0 amide bonds. The van der Waals surface area contributed by atoms with Gasteiger partial charge in [0.25, 0.3) is 0 Å². The van der Waals surface area contributed by atoms with Crippen LogP contribution >= 0.6 is 0 Å². The zero-order valence-electron chi connectivity index (χ0n) is 6.86. The summed E-state index contributed by atoms with van der Waals surface area (Å²) in [5.41, 5.74) is 0. The number of hydrogen-bond donors (Lipinski definition) is 1. The largest absolute Gasteiger partial charge is 0.251 e. The molecule has 0 aliphatic rings. The first kappa shape index (κ1) is 9.85. The van der Waals surface area contributed by atoms with E-state index in [-0.39, 0.29) is 11.7 Å². The summed E-state index contributed by atoms with van der Waals surface area (Å²) >= 11 is 0. The summed E-state index contributed by atoms with van der Waals surface area (Å²) in [6, 6.07) is 0. The third-order valence-corrected chi connectivity index (χ3v) is 2.50. The molecule has 5 nitrogen and oxygen atoms in total. The number of hydrogen-bond acceptors (Lipinski definition) is 4. The van der Waals surface area contributed by atoms with E-state index in [2.05, 4.69) is 14.7 Å². The highest BCUT2D eigenvalue weighted by Gasteiger charge is 2.07. The summed E-state index contributed by atoms with van der Waals surface area (Å²) in [4.78, 5) is 6.87. The Bertz CT molecular complexity index is 375.